The molecule has 4 fully saturated rings. The minimum Gasteiger partial charge on any atom is -0.437 e. The van der Waals surface area contributed by atoms with Gasteiger partial charge >= 0.3 is 0 Å². The Morgan fingerprint density at radius 1 is 1.20 bits per heavy atom. The molecule has 4 saturated heterocycles. The summed E-state index contributed by atoms with van der Waals surface area (Å²) in [4.78, 5) is 25.7. The number of aromatic nitrogens is 2. The van der Waals surface area contributed by atoms with Gasteiger partial charge in [-0.1, -0.05) is 0 Å². The number of ether oxygens (including phenoxy) is 1. The van der Waals surface area contributed by atoms with Gasteiger partial charge in [-0.05, 0) is 63.0 Å². The molecule has 1 N–H and O–H groups in total. The lowest BCUT2D eigenvalue weighted by Crippen LogP contribution is -2.68. The van der Waals surface area contributed by atoms with Crippen LogP contribution in [0.4, 0.5) is 14.7 Å². The Morgan fingerprint density at radius 2 is 1.89 bits per heavy atom. The molecule has 2 aromatic rings. The third kappa shape index (κ3) is 4.65. The molecule has 4 aliphatic heterocycles. The van der Waals surface area contributed by atoms with Gasteiger partial charge in [0.2, 0.25) is 11.8 Å². The average Bonchev–Trinajstić information content (AvgIpc) is 2.86. The van der Waals surface area contributed by atoms with Crippen LogP contribution < -0.4 is 15.0 Å². The van der Waals surface area contributed by atoms with Crippen LogP contribution in [-0.4, -0.2) is 64.7 Å². The first-order chi connectivity index (χ1) is 16.8. The summed E-state index contributed by atoms with van der Waals surface area (Å²) in [5.41, 5.74) is -2.22. The van der Waals surface area contributed by atoms with E-state index in [0.717, 1.165) is 32.5 Å². The lowest BCUT2D eigenvalue weighted by molar-refractivity contribution is -0.139. The highest BCUT2D eigenvalue weighted by Gasteiger charge is 2.49. The van der Waals surface area contributed by atoms with Gasteiger partial charge in [-0.3, -0.25) is 4.79 Å². The highest BCUT2D eigenvalue weighted by Crippen LogP contribution is 2.37. The minimum atomic E-state index is -1.95. The first-order valence-electron chi connectivity index (χ1n) is 12.0. The maximum Gasteiger partial charge on any atom is 0.258 e. The van der Waals surface area contributed by atoms with Crippen LogP contribution in [0.2, 0.25) is 0 Å². The van der Waals surface area contributed by atoms with Crippen LogP contribution in [0.25, 0.3) is 0 Å². The summed E-state index contributed by atoms with van der Waals surface area (Å²) in [6.45, 7) is 5.39. The number of hydrogen-bond acceptors (Lipinski definition) is 7. The Bertz CT molecular complexity index is 1140. The van der Waals surface area contributed by atoms with E-state index in [9.17, 15) is 14.4 Å². The standard InChI is InChI=1S/C25H28F2N6O2/c1-24(16-32-10-6-18(24)7-11-32)31-22(34)25(27)8-12-33(13-9-25)23-29-15-17(14-28)21(30-23)35-20-4-2-19(26)3-5-20/h2-5,15,18H,6-13,16H2,1H3,(H,31,34). The van der Waals surface area contributed by atoms with Crippen molar-refractivity contribution in [2.45, 2.75) is 43.8 Å². The number of alkyl halides is 1. The van der Waals surface area contributed by atoms with Crippen LogP contribution in [0.1, 0.15) is 38.2 Å². The summed E-state index contributed by atoms with van der Waals surface area (Å²) in [5.74, 6) is 0.0889. The fraction of sp³-hybridized carbons (Fsp3) is 0.520. The fourth-order valence-electron chi connectivity index (χ4n) is 5.40. The van der Waals surface area contributed by atoms with Crippen molar-refractivity contribution in [1.29, 1.82) is 5.26 Å². The Labute approximate surface area is 202 Å². The lowest BCUT2D eigenvalue weighted by Gasteiger charge is -2.52. The zero-order chi connectivity index (χ0) is 24.6. The van der Waals surface area contributed by atoms with E-state index in [0.29, 0.717) is 11.7 Å². The number of nitriles is 1. The zero-order valence-electron chi connectivity index (χ0n) is 19.6. The van der Waals surface area contributed by atoms with E-state index in [1.807, 2.05) is 13.0 Å². The molecule has 0 saturated carbocycles. The van der Waals surface area contributed by atoms with E-state index in [2.05, 4.69) is 20.2 Å². The molecule has 8 nitrogen and oxygen atoms in total. The van der Waals surface area contributed by atoms with Crippen LogP contribution in [0, 0.1) is 23.1 Å². The number of piperidine rings is 4. The molecule has 1 atom stereocenters. The molecule has 5 heterocycles. The minimum absolute atomic E-state index is 0.0147. The van der Waals surface area contributed by atoms with Crippen molar-refractivity contribution in [3.8, 4) is 17.7 Å². The summed E-state index contributed by atoms with van der Waals surface area (Å²) in [7, 11) is 0. The van der Waals surface area contributed by atoms with E-state index < -0.39 is 22.9 Å². The molecule has 6 rings (SSSR count). The summed E-state index contributed by atoms with van der Waals surface area (Å²) in [6.07, 6.45) is 3.44. The van der Waals surface area contributed by atoms with Crippen LogP contribution in [0.5, 0.6) is 11.6 Å². The lowest BCUT2D eigenvalue weighted by atomic mass is 9.73. The first-order valence-corrected chi connectivity index (χ1v) is 12.0. The predicted molar refractivity (Wildman–Crippen MR) is 124 cm³/mol. The number of amides is 1. The monoisotopic (exact) mass is 482 g/mol. The Hall–Kier alpha value is -3.32. The molecule has 1 amide bonds. The second kappa shape index (κ2) is 9.04. The molecular weight excluding hydrogens is 454 g/mol. The smallest absolute Gasteiger partial charge is 0.258 e. The third-order valence-corrected chi connectivity index (χ3v) is 7.58. The number of nitrogens with one attached hydrogen (secondary N) is 1. The number of rotatable bonds is 5. The topological polar surface area (TPSA) is 94.4 Å². The molecule has 184 valence electrons. The van der Waals surface area contributed by atoms with Gasteiger partial charge in [-0.25, -0.2) is 13.8 Å². The van der Waals surface area contributed by atoms with Crippen molar-refractivity contribution in [3.05, 3.63) is 41.8 Å². The molecule has 4 aliphatic rings. The normalized spacial score (nSPS) is 27.2. The molecule has 0 radical (unpaired) electrons. The van der Waals surface area contributed by atoms with Crippen LogP contribution in [-0.2, 0) is 4.79 Å². The van der Waals surface area contributed by atoms with Crippen molar-refractivity contribution >= 4 is 11.9 Å². The van der Waals surface area contributed by atoms with Gasteiger partial charge in [0.25, 0.3) is 5.91 Å². The summed E-state index contributed by atoms with van der Waals surface area (Å²) >= 11 is 0. The van der Waals surface area contributed by atoms with Gasteiger partial charge in [0.05, 0.1) is 11.7 Å². The Morgan fingerprint density at radius 3 is 2.49 bits per heavy atom. The van der Waals surface area contributed by atoms with Gasteiger partial charge in [0.1, 0.15) is 23.2 Å². The molecule has 0 spiro atoms. The maximum atomic E-state index is 15.7. The second-order valence-corrected chi connectivity index (χ2v) is 9.93. The third-order valence-electron chi connectivity index (χ3n) is 7.58. The van der Waals surface area contributed by atoms with E-state index in [4.69, 9.17) is 4.74 Å². The predicted octanol–water partition coefficient (Wildman–Crippen LogP) is 3.19. The van der Waals surface area contributed by atoms with Gasteiger partial charge in [0, 0.05) is 32.5 Å². The SMILES string of the molecule is CC1(NC(=O)C2(F)CCN(c3ncc(C#N)c(Oc4ccc(F)cc4)n3)CC2)CN2CCC1CC2. The van der Waals surface area contributed by atoms with Crippen molar-refractivity contribution < 1.29 is 18.3 Å². The summed E-state index contributed by atoms with van der Waals surface area (Å²) in [5, 5.41) is 12.4. The van der Waals surface area contributed by atoms with Crippen LogP contribution in [0.3, 0.4) is 0 Å². The Kier molecular flexibility index (Phi) is 6.05. The molecule has 1 aromatic heterocycles. The van der Waals surface area contributed by atoms with Crippen molar-refractivity contribution in [1.82, 2.24) is 20.2 Å². The number of anilines is 1. The van der Waals surface area contributed by atoms with Crippen molar-refractivity contribution in [2.75, 3.05) is 37.6 Å². The highest BCUT2D eigenvalue weighted by atomic mass is 19.1. The Balaban J connectivity index is 1.25. The molecular formula is C25H28F2N6O2. The molecule has 1 unspecified atom stereocenters. The number of carbonyl (C=O) groups is 1. The fourth-order valence-corrected chi connectivity index (χ4v) is 5.40. The van der Waals surface area contributed by atoms with E-state index in [-0.39, 0.29) is 43.3 Å². The molecule has 10 heteroatoms. The molecule has 2 bridgehead atoms. The number of carbonyl (C=O) groups excluding carboxylic acids is 1. The first kappa shape index (κ1) is 23.4. The van der Waals surface area contributed by atoms with Gasteiger partial charge in [-0.2, -0.15) is 10.2 Å². The zero-order valence-corrected chi connectivity index (χ0v) is 19.6. The number of fused-ring (bicyclic) bond motifs is 3. The van der Waals surface area contributed by atoms with Crippen molar-refractivity contribution in [2.24, 2.45) is 5.92 Å². The van der Waals surface area contributed by atoms with Crippen LogP contribution in [0.15, 0.2) is 30.5 Å². The number of benzene rings is 1. The second-order valence-electron chi connectivity index (χ2n) is 9.93. The number of halogens is 2. The summed E-state index contributed by atoms with van der Waals surface area (Å²) < 4.78 is 34.6. The quantitative estimate of drug-likeness (QED) is 0.700. The maximum absolute atomic E-state index is 15.7. The van der Waals surface area contributed by atoms with Gasteiger partial charge in [-0.15, -0.1) is 0 Å². The van der Waals surface area contributed by atoms with Gasteiger partial charge in [0.15, 0.2) is 5.67 Å². The average molecular weight is 483 g/mol. The number of hydrogen-bond donors (Lipinski definition) is 1. The van der Waals surface area contributed by atoms with Gasteiger partial charge < -0.3 is 19.9 Å². The molecule has 1 aromatic carbocycles. The van der Waals surface area contributed by atoms with Crippen molar-refractivity contribution in [3.63, 3.8) is 0 Å². The van der Waals surface area contributed by atoms with E-state index in [1.54, 1.807) is 4.90 Å². The highest BCUT2D eigenvalue weighted by molar-refractivity contribution is 5.86. The van der Waals surface area contributed by atoms with E-state index >= 15 is 4.39 Å². The van der Waals surface area contributed by atoms with E-state index in [1.165, 1.54) is 30.5 Å². The molecule has 35 heavy (non-hydrogen) atoms. The largest absolute Gasteiger partial charge is 0.437 e. The summed E-state index contributed by atoms with van der Waals surface area (Å²) in [6, 6.07) is 7.34. The molecule has 0 aliphatic carbocycles. The van der Waals surface area contributed by atoms with Crippen LogP contribution >= 0.6 is 0 Å². The number of nitrogens with zero attached hydrogens (tertiary/aromatic N) is 5.